The molecule has 0 amide bonds. The fourth-order valence-corrected chi connectivity index (χ4v) is 3.44. The van der Waals surface area contributed by atoms with Gasteiger partial charge in [-0.25, -0.2) is 15.0 Å². The third-order valence-electron chi connectivity index (χ3n) is 4.84. The molecule has 6 nitrogen and oxygen atoms in total. The molecule has 3 heterocycles. The number of aromatic amines is 1. The number of rotatable bonds is 4. The maximum atomic E-state index is 4.68. The number of nitrogens with zero attached hydrogens (tertiary/aromatic N) is 5. The van der Waals surface area contributed by atoms with Gasteiger partial charge in [0.1, 0.15) is 18.0 Å². The zero-order valence-corrected chi connectivity index (χ0v) is 13.9. The van der Waals surface area contributed by atoms with E-state index in [4.69, 9.17) is 0 Å². The molecule has 0 aliphatic carbocycles. The lowest BCUT2D eigenvalue weighted by molar-refractivity contribution is 0.199. The lowest BCUT2D eigenvalue weighted by Gasteiger charge is -2.36. The number of piperidine rings is 1. The molecule has 2 aromatic heterocycles. The number of imidazole rings is 1. The molecule has 1 saturated heterocycles. The minimum atomic E-state index is 0.534. The largest absolute Gasteiger partial charge is 0.356 e. The fourth-order valence-electron chi connectivity index (χ4n) is 3.44. The molecule has 0 unspecified atom stereocenters. The summed E-state index contributed by atoms with van der Waals surface area (Å²) in [6, 6.07) is 10.7. The van der Waals surface area contributed by atoms with Gasteiger partial charge in [-0.2, -0.15) is 0 Å². The Balaban J connectivity index is 1.36. The predicted octanol–water partition coefficient (Wildman–Crippen LogP) is 2.45. The van der Waals surface area contributed by atoms with Crippen molar-refractivity contribution < 1.29 is 0 Å². The highest BCUT2D eigenvalue weighted by Crippen LogP contribution is 2.21. The number of aromatic nitrogens is 4. The molecule has 1 aliphatic rings. The van der Waals surface area contributed by atoms with Crippen LogP contribution in [0.4, 0.5) is 5.82 Å². The maximum absolute atomic E-state index is 4.68. The van der Waals surface area contributed by atoms with E-state index in [2.05, 4.69) is 48.9 Å². The van der Waals surface area contributed by atoms with E-state index in [1.807, 2.05) is 18.2 Å². The number of likely N-dealkylation sites (tertiary alicyclic amines) is 1. The van der Waals surface area contributed by atoms with Crippen molar-refractivity contribution in [3.05, 3.63) is 48.7 Å². The van der Waals surface area contributed by atoms with Crippen molar-refractivity contribution in [2.75, 3.05) is 25.0 Å². The molecule has 1 aromatic carbocycles. The Labute approximate surface area is 141 Å². The van der Waals surface area contributed by atoms with Crippen LogP contribution in [0, 0.1) is 0 Å². The van der Waals surface area contributed by atoms with Crippen LogP contribution in [0.25, 0.3) is 11.0 Å². The SMILES string of the molecule is CN(c1ccncn1)C1CCN(Cc2nc3ccccc3[nH]2)CC1. The number of fused-ring (bicyclic) bond motifs is 1. The number of para-hydroxylation sites is 2. The second-order valence-corrected chi connectivity index (χ2v) is 6.39. The number of hydrogen-bond acceptors (Lipinski definition) is 5. The average molecular weight is 322 g/mol. The van der Waals surface area contributed by atoms with Crippen LogP contribution < -0.4 is 4.90 Å². The lowest BCUT2D eigenvalue weighted by Crippen LogP contribution is -2.43. The van der Waals surface area contributed by atoms with Gasteiger partial charge < -0.3 is 9.88 Å². The van der Waals surface area contributed by atoms with E-state index in [9.17, 15) is 0 Å². The van der Waals surface area contributed by atoms with Crippen LogP contribution >= 0.6 is 0 Å². The first-order chi connectivity index (χ1) is 11.8. The quantitative estimate of drug-likeness (QED) is 0.799. The summed E-state index contributed by atoms with van der Waals surface area (Å²) in [5, 5.41) is 0. The number of hydrogen-bond donors (Lipinski definition) is 1. The smallest absolute Gasteiger partial charge is 0.131 e. The number of H-pyrrole nitrogens is 1. The average Bonchev–Trinajstić information content (AvgIpc) is 3.05. The van der Waals surface area contributed by atoms with E-state index in [0.717, 1.165) is 55.2 Å². The van der Waals surface area contributed by atoms with Gasteiger partial charge in [-0.1, -0.05) is 12.1 Å². The third kappa shape index (κ3) is 3.10. The molecule has 0 saturated carbocycles. The van der Waals surface area contributed by atoms with E-state index in [-0.39, 0.29) is 0 Å². The van der Waals surface area contributed by atoms with Gasteiger partial charge in [0.25, 0.3) is 0 Å². The number of nitrogens with one attached hydrogen (secondary N) is 1. The molecule has 1 fully saturated rings. The minimum Gasteiger partial charge on any atom is -0.356 e. The van der Waals surface area contributed by atoms with Crippen molar-refractivity contribution >= 4 is 16.9 Å². The zero-order valence-electron chi connectivity index (χ0n) is 13.9. The topological polar surface area (TPSA) is 60.9 Å². The third-order valence-corrected chi connectivity index (χ3v) is 4.84. The van der Waals surface area contributed by atoms with Crippen molar-refractivity contribution in [1.82, 2.24) is 24.8 Å². The molecular weight excluding hydrogens is 300 g/mol. The Morgan fingerprint density at radius 3 is 2.79 bits per heavy atom. The van der Waals surface area contributed by atoms with E-state index in [1.54, 1.807) is 12.5 Å². The van der Waals surface area contributed by atoms with E-state index in [0.29, 0.717) is 6.04 Å². The second-order valence-electron chi connectivity index (χ2n) is 6.39. The van der Waals surface area contributed by atoms with Gasteiger partial charge in [-0.05, 0) is 31.0 Å². The van der Waals surface area contributed by atoms with Gasteiger partial charge in [-0.3, -0.25) is 4.90 Å². The first kappa shape index (κ1) is 15.1. The Kier molecular flexibility index (Phi) is 4.13. The molecule has 0 bridgehead atoms. The van der Waals surface area contributed by atoms with Gasteiger partial charge in [-0.15, -0.1) is 0 Å². The standard InChI is InChI=1S/C18H22N6/c1-23(18-6-9-19-13-20-18)14-7-10-24(11-8-14)12-17-21-15-4-2-3-5-16(15)22-17/h2-6,9,13-14H,7-8,10-12H2,1H3,(H,21,22). The van der Waals surface area contributed by atoms with Crippen LogP contribution in [0.5, 0.6) is 0 Å². The molecule has 124 valence electrons. The predicted molar refractivity (Wildman–Crippen MR) is 94.8 cm³/mol. The first-order valence-electron chi connectivity index (χ1n) is 8.44. The Morgan fingerprint density at radius 2 is 2.04 bits per heavy atom. The first-order valence-corrected chi connectivity index (χ1v) is 8.44. The molecule has 0 spiro atoms. The van der Waals surface area contributed by atoms with Crippen LogP contribution in [-0.2, 0) is 6.54 Å². The van der Waals surface area contributed by atoms with Crippen molar-refractivity contribution in [2.45, 2.75) is 25.4 Å². The summed E-state index contributed by atoms with van der Waals surface area (Å²) in [6.07, 6.45) is 5.69. The minimum absolute atomic E-state index is 0.534. The monoisotopic (exact) mass is 322 g/mol. The van der Waals surface area contributed by atoms with Crippen molar-refractivity contribution in [3.63, 3.8) is 0 Å². The molecule has 3 aromatic rings. The normalized spacial score (nSPS) is 16.5. The van der Waals surface area contributed by atoms with Crippen molar-refractivity contribution in [3.8, 4) is 0 Å². The van der Waals surface area contributed by atoms with E-state index in [1.165, 1.54) is 0 Å². The molecule has 4 rings (SSSR count). The van der Waals surface area contributed by atoms with Gasteiger partial charge in [0.15, 0.2) is 0 Å². The summed E-state index contributed by atoms with van der Waals surface area (Å²) in [6.45, 7) is 3.05. The molecule has 0 radical (unpaired) electrons. The van der Waals surface area contributed by atoms with Crippen LogP contribution in [-0.4, -0.2) is 51.0 Å². The molecule has 1 N–H and O–H groups in total. The molecule has 6 heteroatoms. The Bertz CT molecular complexity index is 758. The molecular formula is C18H22N6. The highest BCUT2D eigenvalue weighted by atomic mass is 15.2. The van der Waals surface area contributed by atoms with Crippen LogP contribution in [0.1, 0.15) is 18.7 Å². The van der Waals surface area contributed by atoms with Gasteiger partial charge >= 0.3 is 0 Å². The summed E-state index contributed by atoms with van der Waals surface area (Å²) in [5.41, 5.74) is 2.16. The summed E-state index contributed by atoms with van der Waals surface area (Å²) in [4.78, 5) is 21.2. The molecule has 0 atom stereocenters. The fraction of sp³-hybridized carbons (Fsp3) is 0.389. The van der Waals surface area contributed by atoms with Gasteiger partial charge in [0, 0.05) is 32.4 Å². The number of benzene rings is 1. The summed E-state index contributed by atoms with van der Waals surface area (Å²) in [5.74, 6) is 2.06. The van der Waals surface area contributed by atoms with Gasteiger partial charge in [0.2, 0.25) is 0 Å². The lowest BCUT2D eigenvalue weighted by atomic mass is 10.0. The highest BCUT2D eigenvalue weighted by molar-refractivity contribution is 5.74. The Morgan fingerprint density at radius 1 is 1.21 bits per heavy atom. The Hall–Kier alpha value is -2.47. The second kappa shape index (κ2) is 6.57. The van der Waals surface area contributed by atoms with Crippen molar-refractivity contribution in [2.24, 2.45) is 0 Å². The summed E-state index contributed by atoms with van der Waals surface area (Å²) < 4.78 is 0. The number of anilines is 1. The van der Waals surface area contributed by atoms with Gasteiger partial charge in [0.05, 0.1) is 17.6 Å². The van der Waals surface area contributed by atoms with E-state index < -0.39 is 0 Å². The van der Waals surface area contributed by atoms with Crippen LogP contribution in [0.3, 0.4) is 0 Å². The van der Waals surface area contributed by atoms with Crippen LogP contribution in [0.15, 0.2) is 42.9 Å². The molecule has 1 aliphatic heterocycles. The molecule has 24 heavy (non-hydrogen) atoms. The summed E-state index contributed by atoms with van der Waals surface area (Å²) >= 11 is 0. The van der Waals surface area contributed by atoms with Crippen molar-refractivity contribution in [1.29, 1.82) is 0 Å². The summed E-state index contributed by atoms with van der Waals surface area (Å²) in [7, 11) is 2.13. The highest BCUT2D eigenvalue weighted by Gasteiger charge is 2.23. The van der Waals surface area contributed by atoms with Crippen LogP contribution in [0.2, 0.25) is 0 Å². The van der Waals surface area contributed by atoms with E-state index >= 15 is 0 Å². The zero-order chi connectivity index (χ0) is 16.4. The maximum Gasteiger partial charge on any atom is 0.131 e.